The van der Waals surface area contributed by atoms with Gasteiger partial charge in [0.25, 0.3) is 0 Å². The van der Waals surface area contributed by atoms with E-state index in [0.717, 1.165) is 30.3 Å². The lowest BCUT2D eigenvalue weighted by Crippen LogP contribution is -2.17. The summed E-state index contributed by atoms with van der Waals surface area (Å²) in [7, 11) is 0. The second kappa shape index (κ2) is 2.34. The highest BCUT2D eigenvalue weighted by molar-refractivity contribution is 5.63. The maximum atomic E-state index is 5.57. The van der Waals surface area contributed by atoms with Crippen molar-refractivity contribution < 1.29 is 4.74 Å². The lowest BCUT2D eigenvalue weighted by atomic mass is 10.2. The van der Waals surface area contributed by atoms with Crippen LogP contribution in [0.2, 0.25) is 0 Å². The minimum absolute atomic E-state index is 0.719. The van der Waals surface area contributed by atoms with Crippen molar-refractivity contribution in [1.82, 2.24) is 0 Å². The summed E-state index contributed by atoms with van der Waals surface area (Å²) in [6, 6.07) is 5.63. The molecule has 0 fully saturated rings. The van der Waals surface area contributed by atoms with E-state index in [-0.39, 0.29) is 0 Å². The van der Waals surface area contributed by atoms with Crippen LogP contribution < -0.4 is 15.8 Å². The Balaban J connectivity index is 2.43. The Bertz CT molecular complexity index is 273. The highest BCUT2D eigenvalue weighted by Gasteiger charge is 2.07. The van der Waals surface area contributed by atoms with Crippen LogP contribution in [0.4, 0.5) is 11.4 Å². The molecule has 0 unspecified atom stereocenters. The fraction of sp³-hybridized carbons (Fsp3) is 0.250. The fourth-order valence-corrected chi connectivity index (χ4v) is 1.15. The Labute approximate surface area is 65.2 Å². The van der Waals surface area contributed by atoms with Gasteiger partial charge in [-0.25, -0.2) is 0 Å². The van der Waals surface area contributed by atoms with Crippen LogP contribution >= 0.6 is 0 Å². The van der Waals surface area contributed by atoms with Crippen LogP contribution in [0.25, 0.3) is 0 Å². The monoisotopic (exact) mass is 150 g/mol. The molecule has 0 saturated heterocycles. The van der Waals surface area contributed by atoms with Gasteiger partial charge in [-0.15, -0.1) is 0 Å². The molecule has 1 aliphatic rings. The molecule has 3 nitrogen and oxygen atoms in total. The molecule has 1 aromatic rings. The molecular formula is C8H10N2O. The molecule has 0 aromatic heterocycles. The molecular weight excluding hydrogens is 140 g/mol. The number of nitrogen functional groups attached to an aromatic ring is 1. The van der Waals surface area contributed by atoms with Crippen molar-refractivity contribution in [2.75, 3.05) is 24.2 Å². The number of hydrogen-bond acceptors (Lipinski definition) is 3. The van der Waals surface area contributed by atoms with Gasteiger partial charge in [-0.2, -0.15) is 0 Å². The Morgan fingerprint density at radius 1 is 1.45 bits per heavy atom. The zero-order chi connectivity index (χ0) is 7.68. The lowest BCUT2D eigenvalue weighted by molar-refractivity contribution is 0.323. The quantitative estimate of drug-likeness (QED) is 0.544. The lowest BCUT2D eigenvalue weighted by Gasteiger charge is -2.18. The van der Waals surface area contributed by atoms with Gasteiger partial charge in [-0.3, -0.25) is 0 Å². The average molecular weight is 150 g/mol. The molecule has 3 N–H and O–H groups in total. The van der Waals surface area contributed by atoms with Gasteiger partial charge in [0.1, 0.15) is 12.4 Å². The molecule has 0 spiro atoms. The Morgan fingerprint density at radius 3 is 3.27 bits per heavy atom. The summed E-state index contributed by atoms with van der Waals surface area (Å²) < 4.78 is 5.36. The molecule has 2 rings (SSSR count). The van der Waals surface area contributed by atoms with Crippen molar-refractivity contribution in [3.8, 4) is 5.75 Å². The van der Waals surface area contributed by atoms with Crippen LogP contribution in [-0.4, -0.2) is 13.2 Å². The van der Waals surface area contributed by atoms with E-state index in [1.54, 1.807) is 0 Å². The maximum absolute atomic E-state index is 5.57. The van der Waals surface area contributed by atoms with E-state index >= 15 is 0 Å². The van der Waals surface area contributed by atoms with Crippen LogP contribution in [0.1, 0.15) is 0 Å². The normalized spacial score (nSPS) is 14.5. The molecule has 0 aliphatic carbocycles. The predicted octanol–water partition coefficient (Wildman–Crippen LogP) is 1.07. The SMILES string of the molecule is Nc1ccc2c(c1)OCCN2. The molecule has 0 radical (unpaired) electrons. The molecule has 11 heavy (non-hydrogen) atoms. The summed E-state index contributed by atoms with van der Waals surface area (Å²) in [6.07, 6.45) is 0. The third-order valence-electron chi connectivity index (χ3n) is 1.68. The molecule has 0 atom stereocenters. The number of hydrogen-bond donors (Lipinski definition) is 2. The Hall–Kier alpha value is -1.38. The zero-order valence-corrected chi connectivity index (χ0v) is 6.13. The third-order valence-corrected chi connectivity index (χ3v) is 1.68. The summed E-state index contributed by atoms with van der Waals surface area (Å²) in [5.74, 6) is 0.858. The minimum atomic E-state index is 0.719. The molecule has 1 aromatic carbocycles. The van der Waals surface area contributed by atoms with Crippen LogP contribution in [0.5, 0.6) is 5.75 Å². The summed E-state index contributed by atoms with van der Waals surface area (Å²) in [5, 5.41) is 3.21. The zero-order valence-electron chi connectivity index (χ0n) is 6.13. The van der Waals surface area contributed by atoms with E-state index in [1.165, 1.54) is 0 Å². The largest absolute Gasteiger partial charge is 0.490 e. The first-order chi connectivity index (χ1) is 5.36. The molecule has 3 heteroatoms. The first-order valence-electron chi connectivity index (χ1n) is 3.62. The maximum Gasteiger partial charge on any atom is 0.144 e. The molecule has 0 amide bonds. The van der Waals surface area contributed by atoms with Gasteiger partial charge in [0.05, 0.1) is 5.69 Å². The summed E-state index contributed by atoms with van der Waals surface area (Å²) in [6.45, 7) is 1.59. The first kappa shape index (κ1) is 6.34. The average Bonchev–Trinajstić information content (AvgIpc) is 2.04. The van der Waals surface area contributed by atoms with E-state index in [0.29, 0.717) is 0 Å². The van der Waals surface area contributed by atoms with Crippen molar-refractivity contribution in [3.05, 3.63) is 18.2 Å². The van der Waals surface area contributed by atoms with E-state index < -0.39 is 0 Å². The minimum Gasteiger partial charge on any atom is -0.490 e. The van der Waals surface area contributed by atoms with Crippen LogP contribution in [-0.2, 0) is 0 Å². The summed E-state index contributed by atoms with van der Waals surface area (Å²) in [5.41, 5.74) is 7.35. The van der Waals surface area contributed by atoms with E-state index in [1.807, 2.05) is 18.2 Å². The Kier molecular flexibility index (Phi) is 1.35. The number of nitrogens with one attached hydrogen (secondary N) is 1. The smallest absolute Gasteiger partial charge is 0.144 e. The van der Waals surface area contributed by atoms with Crippen LogP contribution in [0, 0.1) is 0 Å². The van der Waals surface area contributed by atoms with Crippen molar-refractivity contribution in [2.45, 2.75) is 0 Å². The first-order valence-corrected chi connectivity index (χ1v) is 3.62. The third kappa shape index (κ3) is 1.09. The number of ether oxygens (including phenoxy) is 1. The van der Waals surface area contributed by atoms with E-state index in [2.05, 4.69) is 5.32 Å². The van der Waals surface area contributed by atoms with E-state index in [9.17, 15) is 0 Å². The Morgan fingerprint density at radius 2 is 2.36 bits per heavy atom. The van der Waals surface area contributed by atoms with Gasteiger partial charge >= 0.3 is 0 Å². The number of nitrogens with two attached hydrogens (primary N) is 1. The topological polar surface area (TPSA) is 47.3 Å². The van der Waals surface area contributed by atoms with Crippen molar-refractivity contribution >= 4 is 11.4 Å². The van der Waals surface area contributed by atoms with Gasteiger partial charge in [0.15, 0.2) is 0 Å². The van der Waals surface area contributed by atoms with Gasteiger partial charge < -0.3 is 15.8 Å². The number of rotatable bonds is 0. The summed E-state index contributed by atoms with van der Waals surface area (Å²) >= 11 is 0. The van der Waals surface area contributed by atoms with Crippen molar-refractivity contribution in [3.63, 3.8) is 0 Å². The van der Waals surface area contributed by atoms with Crippen molar-refractivity contribution in [2.24, 2.45) is 0 Å². The molecule has 1 aliphatic heterocycles. The van der Waals surface area contributed by atoms with E-state index in [4.69, 9.17) is 10.5 Å². The van der Waals surface area contributed by atoms with Gasteiger partial charge in [0, 0.05) is 18.3 Å². The van der Waals surface area contributed by atoms with Crippen molar-refractivity contribution in [1.29, 1.82) is 0 Å². The fourth-order valence-electron chi connectivity index (χ4n) is 1.15. The number of fused-ring (bicyclic) bond motifs is 1. The van der Waals surface area contributed by atoms with Gasteiger partial charge in [0.2, 0.25) is 0 Å². The highest BCUT2D eigenvalue weighted by Crippen LogP contribution is 2.28. The second-order valence-corrected chi connectivity index (χ2v) is 2.53. The van der Waals surface area contributed by atoms with Crippen LogP contribution in [0.3, 0.4) is 0 Å². The van der Waals surface area contributed by atoms with Gasteiger partial charge in [-0.05, 0) is 12.1 Å². The predicted molar refractivity (Wildman–Crippen MR) is 44.8 cm³/mol. The molecule has 1 heterocycles. The molecule has 58 valence electrons. The molecule has 0 bridgehead atoms. The summed E-state index contributed by atoms with van der Waals surface area (Å²) in [4.78, 5) is 0. The second-order valence-electron chi connectivity index (χ2n) is 2.53. The van der Waals surface area contributed by atoms with Crippen LogP contribution in [0.15, 0.2) is 18.2 Å². The standard InChI is InChI=1S/C8H10N2O/c9-6-1-2-7-8(5-6)11-4-3-10-7/h1-2,5,10H,3-4,9H2. The van der Waals surface area contributed by atoms with Gasteiger partial charge in [-0.1, -0.05) is 0 Å². The number of benzene rings is 1. The highest BCUT2D eigenvalue weighted by atomic mass is 16.5. The molecule has 0 saturated carbocycles. The number of anilines is 2.